The van der Waals surface area contributed by atoms with Crippen LogP contribution in [0.1, 0.15) is 33.1 Å². The number of nitrogens with zero attached hydrogens (tertiary/aromatic N) is 2. The lowest BCUT2D eigenvalue weighted by Gasteiger charge is -2.25. The number of imidazole rings is 1. The third-order valence-corrected chi connectivity index (χ3v) is 3.05. The minimum atomic E-state index is 0.670. The second-order valence-electron chi connectivity index (χ2n) is 4.97. The number of nitrogens with one attached hydrogen (secondary N) is 1. The Labute approximate surface area is 91.9 Å². The van der Waals surface area contributed by atoms with Crippen molar-refractivity contribution in [3.05, 3.63) is 12.4 Å². The molecular formula is C12H21N3. The molecule has 84 valence electrons. The molecule has 1 fully saturated rings. The lowest BCUT2D eigenvalue weighted by Crippen LogP contribution is -2.22. The quantitative estimate of drug-likeness (QED) is 0.804. The zero-order chi connectivity index (χ0) is 10.7. The second-order valence-corrected chi connectivity index (χ2v) is 4.97. The molecule has 15 heavy (non-hydrogen) atoms. The van der Waals surface area contributed by atoms with Gasteiger partial charge in [-0.1, -0.05) is 20.3 Å². The van der Waals surface area contributed by atoms with Gasteiger partial charge in [0.25, 0.3) is 0 Å². The van der Waals surface area contributed by atoms with Gasteiger partial charge in [-0.3, -0.25) is 0 Å². The molecule has 0 unspecified atom stereocenters. The van der Waals surface area contributed by atoms with E-state index < -0.39 is 0 Å². The molecule has 0 radical (unpaired) electrons. The monoisotopic (exact) mass is 207 g/mol. The second kappa shape index (κ2) is 4.69. The maximum absolute atomic E-state index is 4.35. The Morgan fingerprint density at radius 3 is 2.93 bits per heavy atom. The average Bonchev–Trinajstić information content (AvgIpc) is 2.49. The van der Waals surface area contributed by atoms with E-state index in [9.17, 15) is 0 Å². The Balaban J connectivity index is 1.86. The van der Waals surface area contributed by atoms with Gasteiger partial charge in [0.05, 0.1) is 0 Å². The standard InChI is InChI=1S/C12H21N3/c1-10(2)9-15-7-6-13-12(15)14-8-11-4-3-5-11/h6-7,10-11H,3-5,8-9H2,1-2H3,(H,13,14). The first kappa shape index (κ1) is 10.5. The molecule has 0 aromatic carbocycles. The van der Waals surface area contributed by atoms with Crippen LogP contribution in [-0.4, -0.2) is 16.1 Å². The van der Waals surface area contributed by atoms with Gasteiger partial charge in [0, 0.05) is 25.5 Å². The molecule has 1 aromatic heterocycles. The fourth-order valence-electron chi connectivity index (χ4n) is 1.95. The smallest absolute Gasteiger partial charge is 0.202 e. The van der Waals surface area contributed by atoms with E-state index in [4.69, 9.17) is 0 Å². The molecular weight excluding hydrogens is 186 g/mol. The maximum atomic E-state index is 4.35. The van der Waals surface area contributed by atoms with E-state index in [0.717, 1.165) is 25.0 Å². The predicted molar refractivity (Wildman–Crippen MR) is 62.9 cm³/mol. The van der Waals surface area contributed by atoms with E-state index in [0.29, 0.717) is 5.92 Å². The van der Waals surface area contributed by atoms with Gasteiger partial charge in [0.2, 0.25) is 5.95 Å². The largest absolute Gasteiger partial charge is 0.355 e. The summed E-state index contributed by atoms with van der Waals surface area (Å²) in [5.74, 6) is 2.59. The first-order valence-electron chi connectivity index (χ1n) is 6.00. The first-order valence-corrected chi connectivity index (χ1v) is 6.00. The summed E-state index contributed by atoms with van der Waals surface area (Å²) in [6.07, 6.45) is 8.12. The molecule has 0 bridgehead atoms. The number of anilines is 1. The van der Waals surface area contributed by atoms with Gasteiger partial charge in [-0.2, -0.15) is 0 Å². The van der Waals surface area contributed by atoms with E-state index in [1.165, 1.54) is 19.3 Å². The molecule has 1 heterocycles. The highest BCUT2D eigenvalue weighted by atomic mass is 15.2. The third-order valence-electron chi connectivity index (χ3n) is 3.05. The van der Waals surface area contributed by atoms with Gasteiger partial charge < -0.3 is 9.88 Å². The summed E-state index contributed by atoms with van der Waals surface area (Å²) in [4.78, 5) is 4.35. The summed E-state index contributed by atoms with van der Waals surface area (Å²) < 4.78 is 2.21. The maximum Gasteiger partial charge on any atom is 0.202 e. The Morgan fingerprint density at radius 2 is 2.33 bits per heavy atom. The van der Waals surface area contributed by atoms with Crippen LogP contribution in [0.4, 0.5) is 5.95 Å². The Morgan fingerprint density at radius 1 is 1.53 bits per heavy atom. The minimum Gasteiger partial charge on any atom is -0.355 e. The molecule has 1 aliphatic rings. The molecule has 0 atom stereocenters. The van der Waals surface area contributed by atoms with Crippen LogP contribution in [0.5, 0.6) is 0 Å². The number of hydrogen-bond donors (Lipinski definition) is 1. The van der Waals surface area contributed by atoms with E-state index in [1.54, 1.807) is 0 Å². The lowest BCUT2D eigenvalue weighted by molar-refractivity contribution is 0.332. The van der Waals surface area contributed by atoms with Crippen molar-refractivity contribution >= 4 is 5.95 Å². The summed E-state index contributed by atoms with van der Waals surface area (Å²) in [7, 11) is 0. The Hall–Kier alpha value is -0.990. The first-order chi connectivity index (χ1) is 7.25. The SMILES string of the molecule is CC(C)Cn1ccnc1NCC1CCC1. The highest BCUT2D eigenvalue weighted by molar-refractivity contribution is 5.25. The molecule has 0 amide bonds. The molecule has 1 aromatic rings. The number of aromatic nitrogens is 2. The van der Waals surface area contributed by atoms with Gasteiger partial charge >= 0.3 is 0 Å². The molecule has 3 heteroatoms. The molecule has 0 saturated heterocycles. The van der Waals surface area contributed by atoms with Gasteiger partial charge in [-0.15, -0.1) is 0 Å². The zero-order valence-electron chi connectivity index (χ0n) is 9.74. The Bertz CT molecular complexity index is 300. The van der Waals surface area contributed by atoms with Gasteiger partial charge in [-0.05, 0) is 24.7 Å². The molecule has 1 aliphatic carbocycles. The summed E-state index contributed by atoms with van der Waals surface area (Å²) >= 11 is 0. The van der Waals surface area contributed by atoms with Crippen LogP contribution in [0.3, 0.4) is 0 Å². The lowest BCUT2D eigenvalue weighted by atomic mass is 9.85. The van der Waals surface area contributed by atoms with Crippen molar-refractivity contribution in [2.75, 3.05) is 11.9 Å². The minimum absolute atomic E-state index is 0.670. The topological polar surface area (TPSA) is 29.9 Å². The van der Waals surface area contributed by atoms with E-state index >= 15 is 0 Å². The van der Waals surface area contributed by atoms with Crippen molar-refractivity contribution in [2.45, 2.75) is 39.7 Å². The molecule has 0 aliphatic heterocycles. The van der Waals surface area contributed by atoms with Crippen molar-refractivity contribution in [2.24, 2.45) is 11.8 Å². The summed E-state index contributed by atoms with van der Waals surface area (Å²) in [5, 5.41) is 3.45. The predicted octanol–water partition coefficient (Wildman–Crippen LogP) is 2.75. The van der Waals surface area contributed by atoms with Crippen LogP contribution in [0.15, 0.2) is 12.4 Å². The van der Waals surface area contributed by atoms with Crippen molar-refractivity contribution < 1.29 is 0 Å². The van der Waals surface area contributed by atoms with E-state index in [-0.39, 0.29) is 0 Å². The van der Waals surface area contributed by atoms with Crippen LogP contribution in [0.2, 0.25) is 0 Å². The van der Waals surface area contributed by atoms with Crippen LogP contribution >= 0.6 is 0 Å². The van der Waals surface area contributed by atoms with E-state index in [2.05, 4.69) is 34.9 Å². The summed E-state index contributed by atoms with van der Waals surface area (Å²) in [6.45, 7) is 6.60. The molecule has 2 rings (SSSR count). The van der Waals surface area contributed by atoms with Crippen molar-refractivity contribution in [1.82, 2.24) is 9.55 Å². The fraction of sp³-hybridized carbons (Fsp3) is 0.750. The van der Waals surface area contributed by atoms with Crippen molar-refractivity contribution in [3.8, 4) is 0 Å². The molecule has 0 spiro atoms. The fourth-order valence-corrected chi connectivity index (χ4v) is 1.95. The summed E-state index contributed by atoms with van der Waals surface area (Å²) in [6, 6.07) is 0. The van der Waals surface area contributed by atoms with E-state index in [1.807, 2.05) is 6.20 Å². The summed E-state index contributed by atoms with van der Waals surface area (Å²) in [5.41, 5.74) is 0. The van der Waals surface area contributed by atoms with Gasteiger partial charge in [-0.25, -0.2) is 4.98 Å². The van der Waals surface area contributed by atoms with Crippen molar-refractivity contribution in [3.63, 3.8) is 0 Å². The molecule has 1 N–H and O–H groups in total. The highest BCUT2D eigenvalue weighted by Gasteiger charge is 2.17. The van der Waals surface area contributed by atoms with Crippen molar-refractivity contribution in [1.29, 1.82) is 0 Å². The Kier molecular flexibility index (Phi) is 3.29. The van der Waals surface area contributed by atoms with Crippen LogP contribution in [-0.2, 0) is 6.54 Å². The van der Waals surface area contributed by atoms with Gasteiger partial charge in [0.1, 0.15) is 0 Å². The van der Waals surface area contributed by atoms with Gasteiger partial charge in [0.15, 0.2) is 0 Å². The zero-order valence-corrected chi connectivity index (χ0v) is 9.74. The average molecular weight is 207 g/mol. The van der Waals surface area contributed by atoms with Crippen LogP contribution < -0.4 is 5.32 Å². The number of hydrogen-bond acceptors (Lipinski definition) is 2. The van der Waals surface area contributed by atoms with Crippen LogP contribution in [0, 0.1) is 11.8 Å². The molecule has 1 saturated carbocycles. The van der Waals surface area contributed by atoms with Crippen LogP contribution in [0.25, 0.3) is 0 Å². The molecule has 3 nitrogen and oxygen atoms in total. The normalized spacial score (nSPS) is 16.7. The number of rotatable bonds is 5. The third kappa shape index (κ3) is 2.74. The highest BCUT2D eigenvalue weighted by Crippen LogP contribution is 2.26.